The third kappa shape index (κ3) is 3.51. The van der Waals surface area contributed by atoms with Crippen LogP contribution in [0.2, 0.25) is 0 Å². The van der Waals surface area contributed by atoms with Crippen molar-refractivity contribution in [1.29, 1.82) is 0 Å². The number of ether oxygens (including phenoxy) is 2. The van der Waals surface area contributed by atoms with Crippen molar-refractivity contribution in [2.24, 2.45) is 0 Å². The summed E-state index contributed by atoms with van der Waals surface area (Å²) < 4.78 is 16.4. The Morgan fingerprint density at radius 1 is 1.50 bits per heavy atom. The molecule has 1 aromatic heterocycles. The minimum atomic E-state index is -0.0714. The summed E-state index contributed by atoms with van der Waals surface area (Å²) in [5, 5.41) is 7.26. The highest BCUT2D eigenvalue weighted by atomic mass is 16.5. The Bertz CT molecular complexity index is 350. The molecule has 2 unspecified atom stereocenters. The summed E-state index contributed by atoms with van der Waals surface area (Å²) >= 11 is 0. The number of nitrogens with one attached hydrogen (secondary N) is 1. The van der Waals surface area contributed by atoms with Gasteiger partial charge in [0.05, 0.1) is 19.1 Å². The third-order valence-electron chi connectivity index (χ3n) is 2.92. The third-order valence-corrected chi connectivity index (χ3v) is 2.92. The summed E-state index contributed by atoms with van der Waals surface area (Å²) in [6.45, 7) is 7.14. The van der Waals surface area contributed by atoms with E-state index in [9.17, 15) is 0 Å². The van der Waals surface area contributed by atoms with Crippen LogP contribution in [-0.4, -0.2) is 42.5 Å². The maximum atomic E-state index is 5.60. The van der Waals surface area contributed by atoms with Crippen LogP contribution in [0.1, 0.15) is 38.1 Å². The van der Waals surface area contributed by atoms with Crippen LogP contribution in [0.15, 0.2) is 4.52 Å². The van der Waals surface area contributed by atoms with E-state index in [0.717, 1.165) is 26.1 Å². The minimum absolute atomic E-state index is 0.0714. The summed E-state index contributed by atoms with van der Waals surface area (Å²) in [5.41, 5.74) is 0. The number of rotatable bonds is 6. The first-order chi connectivity index (χ1) is 8.83. The molecule has 1 N–H and O–H groups in total. The van der Waals surface area contributed by atoms with E-state index in [-0.39, 0.29) is 12.2 Å². The molecule has 102 valence electrons. The minimum Gasteiger partial charge on any atom is -0.375 e. The molecule has 6 heteroatoms. The fourth-order valence-electron chi connectivity index (χ4n) is 2.00. The first kappa shape index (κ1) is 13.5. The fourth-order valence-corrected chi connectivity index (χ4v) is 2.00. The Morgan fingerprint density at radius 3 is 3.06 bits per heavy atom. The molecule has 1 saturated heterocycles. The maximum absolute atomic E-state index is 5.60. The zero-order valence-electron chi connectivity index (χ0n) is 11.0. The van der Waals surface area contributed by atoms with Gasteiger partial charge in [-0.2, -0.15) is 4.98 Å². The number of nitrogens with zero attached hydrogens (tertiary/aromatic N) is 2. The van der Waals surface area contributed by atoms with Gasteiger partial charge in [0.1, 0.15) is 6.10 Å². The van der Waals surface area contributed by atoms with Gasteiger partial charge in [0, 0.05) is 19.7 Å². The van der Waals surface area contributed by atoms with Gasteiger partial charge in [0.25, 0.3) is 0 Å². The fraction of sp³-hybridized carbons (Fsp3) is 0.833. The molecular formula is C12H21N3O3. The molecular weight excluding hydrogens is 234 g/mol. The van der Waals surface area contributed by atoms with E-state index in [0.29, 0.717) is 24.7 Å². The molecule has 0 radical (unpaired) electrons. The quantitative estimate of drug-likeness (QED) is 0.820. The summed E-state index contributed by atoms with van der Waals surface area (Å²) in [5.74, 6) is 1.26. The van der Waals surface area contributed by atoms with Gasteiger partial charge in [0.2, 0.25) is 11.7 Å². The molecule has 0 aliphatic carbocycles. The average Bonchev–Trinajstić information content (AvgIpc) is 2.85. The Hall–Kier alpha value is -0.980. The highest BCUT2D eigenvalue weighted by molar-refractivity contribution is 4.93. The smallest absolute Gasteiger partial charge is 0.229 e. The number of hydrogen-bond acceptors (Lipinski definition) is 6. The van der Waals surface area contributed by atoms with Crippen molar-refractivity contribution in [1.82, 2.24) is 15.5 Å². The van der Waals surface area contributed by atoms with Crippen molar-refractivity contribution in [2.45, 2.75) is 38.9 Å². The van der Waals surface area contributed by atoms with Crippen LogP contribution < -0.4 is 5.32 Å². The Morgan fingerprint density at radius 2 is 2.39 bits per heavy atom. The first-order valence-corrected chi connectivity index (χ1v) is 6.59. The molecule has 2 atom stereocenters. The number of aromatic nitrogens is 2. The highest BCUT2D eigenvalue weighted by Crippen LogP contribution is 2.18. The lowest BCUT2D eigenvalue weighted by molar-refractivity contribution is 0.0246. The van der Waals surface area contributed by atoms with Gasteiger partial charge < -0.3 is 19.3 Å². The van der Waals surface area contributed by atoms with Crippen molar-refractivity contribution in [3.8, 4) is 0 Å². The standard InChI is InChI=1S/C12H21N3O3/c1-3-10(16-4-2)12-14-11(18-15-12)7-9-8-13-5-6-17-9/h9-10,13H,3-8H2,1-2H3. The molecule has 2 rings (SSSR count). The number of morpholine rings is 1. The van der Waals surface area contributed by atoms with Gasteiger partial charge >= 0.3 is 0 Å². The Kier molecular flexibility index (Phi) is 5.10. The molecule has 2 heterocycles. The van der Waals surface area contributed by atoms with Crippen LogP contribution in [0, 0.1) is 0 Å². The second-order valence-corrected chi connectivity index (χ2v) is 4.30. The summed E-state index contributed by atoms with van der Waals surface area (Å²) in [4.78, 5) is 4.38. The predicted octanol–water partition coefficient (Wildman–Crippen LogP) is 1.09. The van der Waals surface area contributed by atoms with Gasteiger partial charge in [0.15, 0.2) is 0 Å². The molecule has 0 amide bonds. The van der Waals surface area contributed by atoms with Crippen molar-refractivity contribution < 1.29 is 14.0 Å². The van der Waals surface area contributed by atoms with Crippen LogP contribution in [-0.2, 0) is 15.9 Å². The number of hydrogen-bond donors (Lipinski definition) is 1. The lowest BCUT2D eigenvalue weighted by Gasteiger charge is -2.21. The van der Waals surface area contributed by atoms with E-state index < -0.39 is 0 Å². The molecule has 1 aliphatic rings. The van der Waals surface area contributed by atoms with Crippen LogP contribution >= 0.6 is 0 Å². The summed E-state index contributed by atoms with van der Waals surface area (Å²) in [6, 6.07) is 0. The van der Waals surface area contributed by atoms with Crippen LogP contribution in [0.3, 0.4) is 0 Å². The van der Waals surface area contributed by atoms with Crippen molar-refractivity contribution in [3.63, 3.8) is 0 Å². The SMILES string of the molecule is CCOC(CC)c1noc(CC2CNCCO2)n1. The molecule has 0 spiro atoms. The zero-order valence-corrected chi connectivity index (χ0v) is 11.0. The average molecular weight is 255 g/mol. The molecule has 1 aliphatic heterocycles. The molecule has 0 aromatic carbocycles. The van der Waals surface area contributed by atoms with E-state index >= 15 is 0 Å². The van der Waals surface area contributed by atoms with Crippen LogP contribution in [0.4, 0.5) is 0 Å². The van der Waals surface area contributed by atoms with Crippen molar-refractivity contribution >= 4 is 0 Å². The van der Waals surface area contributed by atoms with Crippen LogP contribution in [0.25, 0.3) is 0 Å². The van der Waals surface area contributed by atoms with Gasteiger partial charge in [-0.1, -0.05) is 12.1 Å². The molecule has 1 aromatic rings. The maximum Gasteiger partial charge on any atom is 0.229 e. The first-order valence-electron chi connectivity index (χ1n) is 6.59. The van der Waals surface area contributed by atoms with Gasteiger partial charge in [-0.05, 0) is 13.3 Å². The predicted molar refractivity (Wildman–Crippen MR) is 65.3 cm³/mol. The van der Waals surface area contributed by atoms with E-state index in [4.69, 9.17) is 14.0 Å². The van der Waals surface area contributed by atoms with E-state index in [1.165, 1.54) is 0 Å². The van der Waals surface area contributed by atoms with Crippen molar-refractivity contribution in [3.05, 3.63) is 11.7 Å². The lowest BCUT2D eigenvalue weighted by atomic mass is 10.2. The zero-order chi connectivity index (χ0) is 12.8. The monoisotopic (exact) mass is 255 g/mol. The topological polar surface area (TPSA) is 69.4 Å². The largest absolute Gasteiger partial charge is 0.375 e. The van der Waals surface area contributed by atoms with Gasteiger partial charge in [-0.25, -0.2) is 0 Å². The second-order valence-electron chi connectivity index (χ2n) is 4.30. The summed E-state index contributed by atoms with van der Waals surface area (Å²) in [6.07, 6.45) is 1.55. The molecule has 6 nitrogen and oxygen atoms in total. The summed E-state index contributed by atoms with van der Waals surface area (Å²) in [7, 11) is 0. The van der Waals surface area contributed by atoms with E-state index in [1.807, 2.05) is 13.8 Å². The Labute approximate surface area is 107 Å². The Balaban J connectivity index is 1.92. The van der Waals surface area contributed by atoms with E-state index in [2.05, 4.69) is 15.5 Å². The molecule has 0 saturated carbocycles. The molecule has 0 bridgehead atoms. The van der Waals surface area contributed by atoms with Crippen molar-refractivity contribution in [2.75, 3.05) is 26.3 Å². The van der Waals surface area contributed by atoms with Gasteiger partial charge in [-0.15, -0.1) is 0 Å². The normalized spacial score (nSPS) is 22.0. The van der Waals surface area contributed by atoms with Gasteiger partial charge in [-0.3, -0.25) is 0 Å². The lowest BCUT2D eigenvalue weighted by Crippen LogP contribution is -2.39. The second kappa shape index (κ2) is 6.82. The highest BCUT2D eigenvalue weighted by Gasteiger charge is 2.20. The molecule has 18 heavy (non-hydrogen) atoms. The van der Waals surface area contributed by atoms with Crippen LogP contribution in [0.5, 0.6) is 0 Å². The van der Waals surface area contributed by atoms with E-state index in [1.54, 1.807) is 0 Å². The molecule has 1 fully saturated rings.